The number of ether oxygens (including phenoxy) is 1. The van der Waals surface area contributed by atoms with E-state index in [1.54, 1.807) is 26.1 Å². The predicted octanol–water partition coefficient (Wildman–Crippen LogP) is 4.04. The van der Waals surface area contributed by atoms with E-state index in [2.05, 4.69) is 10.3 Å². The summed E-state index contributed by atoms with van der Waals surface area (Å²) in [4.78, 5) is 40.5. The van der Waals surface area contributed by atoms with Crippen molar-refractivity contribution in [1.29, 1.82) is 0 Å². The Balaban J connectivity index is 1.34. The van der Waals surface area contributed by atoms with Gasteiger partial charge in [-0.25, -0.2) is 9.59 Å². The fourth-order valence-electron chi connectivity index (χ4n) is 5.01. The molecule has 0 radical (unpaired) electrons. The Morgan fingerprint density at radius 2 is 1.86 bits per heavy atom. The van der Waals surface area contributed by atoms with Crippen LogP contribution < -0.4 is 15.7 Å². The molecule has 0 fully saturated rings. The minimum atomic E-state index is -1.13. The van der Waals surface area contributed by atoms with E-state index in [4.69, 9.17) is 9.15 Å². The van der Waals surface area contributed by atoms with Crippen LogP contribution in [0.5, 0.6) is 5.75 Å². The number of nitrogens with one attached hydrogen (secondary N) is 2. The zero-order valence-corrected chi connectivity index (χ0v) is 20.2. The van der Waals surface area contributed by atoms with E-state index in [9.17, 15) is 19.5 Å². The molecule has 1 amide bonds. The van der Waals surface area contributed by atoms with E-state index in [-0.39, 0.29) is 12.0 Å². The van der Waals surface area contributed by atoms with Crippen molar-refractivity contribution in [2.75, 3.05) is 0 Å². The first-order valence-electron chi connectivity index (χ1n) is 12.2. The van der Waals surface area contributed by atoms with E-state index in [0.29, 0.717) is 16.9 Å². The van der Waals surface area contributed by atoms with Gasteiger partial charge in [0.2, 0.25) is 0 Å². The number of fused-ring (bicyclic) bond motifs is 4. The largest absolute Gasteiger partial charge is 0.480 e. The molecule has 1 aliphatic carbocycles. The lowest BCUT2D eigenvalue weighted by Gasteiger charge is -2.21. The Labute approximate surface area is 207 Å². The summed E-state index contributed by atoms with van der Waals surface area (Å²) in [6.07, 6.45) is 4.50. The van der Waals surface area contributed by atoms with Crippen LogP contribution in [0.3, 0.4) is 0 Å². The summed E-state index contributed by atoms with van der Waals surface area (Å²) >= 11 is 0. The monoisotopic (exact) mass is 488 g/mol. The predicted molar refractivity (Wildman–Crippen MR) is 136 cm³/mol. The highest BCUT2D eigenvalue weighted by Crippen LogP contribution is 2.33. The number of aromatic amines is 1. The molecule has 2 heterocycles. The minimum Gasteiger partial charge on any atom is -0.480 e. The van der Waals surface area contributed by atoms with Gasteiger partial charge in [-0.05, 0) is 68.9 Å². The van der Waals surface area contributed by atoms with Crippen molar-refractivity contribution in [2.24, 2.45) is 0 Å². The van der Waals surface area contributed by atoms with E-state index < -0.39 is 24.0 Å². The molecule has 8 nitrogen and oxygen atoms in total. The minimum absolute atomic E-state index is 0.128. The molecule has 0 saturated heterocycles. The average Bonchev–Trinajstić information content (AvgIpc) is 3.28. The number of carboxylic acid groups (broad SMARTS) is 1. The van der Waals surface area contributed by atoms with Crippen molar-refractivity contribution in [1.82, 2.24) is 10.3 Å². The number of benzene rings is 2. The van der Waals surface area contributed by atoms with Gasteiger partial charge in [0.1, 0.15) is 17.4 Å². The quantitative estimate of drug-likeness (QED) is 0.338. The first-order valence-corrected chi connectivity index (χ1v) is 12.2. The van der Waals surface area contributed by atoms with Gasteiger partial charge >= 0.3 is 11.6 Å². The first kappa shape index (κ1) is 23.7. The molecular formula is C28H28N2O6. The fraction of sp³-hybridized carbons (Fsp3) is 0.321. The molecule has 4 aromatic rings. The van der Waals surface area contributed by atoms with Crippen molar-refractivity contribution in [3.63, 3.8) is 0 Å². The van der Waals surface area contributed by atoms with Crippen molar-refractivity contribution in [2.45, 2.75) is 58.1 Å². The third kappa shape index (κ3) is 4.34. The van der Waals surface area contributed by atoms with Crippen molar-refractivity contribution >= 4 is 33.7 Å². The lowest BCUT2D eigenvalue weighted by Crippen LogP contribution is -2.47. The smallest absolute Gasteiger partial charge is 0.339 e. The third-order valence-corrected chi connectivity index (χ3v) is 6.98. The molecule has 2 aromatic carbocycles. The molecule has 0 saturated carbocycles. The number of rotatable bonds is 7. The number of amides is 1. The molecule has 3 N–H and O–H groups in total. The Morgan fingerprint density at radius 3 is 2.64 bits per heavy atom. The molecule has 2 atom stereocenters. The Morgan fingerprint density at radius 1 is 1.11 bits per heavy atom. The normalized spacial score (nSPS) is 14.8. The zero-order chi connectivity index (χ0) is 25.4. The van der Waals surface area contributed by atoms with Crippen LogP contribution in [0.25, 0.3) is 21.9 Å². The maximum absolute atomic E-state index is 12.9. The molecule has 8 heteroatoms. The summed E-state index contributed by atoms with van der Waals surface area (Å²) in [5.41, 5.74) is 4.28. The highest BCUT2D eigenvalue weighted by molar-refractivity contribution is 5.89. The number of carboxylic acids is 1. The molecule has 0 bridgehead atoms. The summed E-state index contributed by atoms with van der Waals surface area (Å²) in [7, 11) is 0. The van der Waals surface area contributed by atoms with E-state index in [1.165, 1.54) is 0 Å². The van der Waals surface area contributed by atoms with Crippen LogP contribution in [0.2, 0.25) is 0 Å². The molecule has 186 valence electrons. The standard InChI is InChI=1S/C28H28N2O6/c1-15-24(12-11-20-19-8-3-4-9-21(19)28(34)36-25(15)20)35-16(2)26(31)30-23(27(32)33)13-17-14-29-22-10-6-5-7-18(17)22/h5-7,10-12,14,16,23,29H,3-4,8-9,13H2,1-2H3,(H,30,31)(H,32,33). The van der Waals surface area contributed by atoms with Gasteiger partial charge in [-0.3, -0.25) is 4.79 Å². The van der Waals surface area contributed by atoms with Gasteiger partial charge in [-0.2, -0.15) is 0 Å². The number of carbonyl (C=O) groups is 2. The number of aromatic nitrogens is 1. The second-order valence-electron chi connectivity index (χ2n) is 9.34. The van der Waals surface area contributed by atoms with Crippen LogP contribution in [0.4, 0.5) is 0 Å². The molecule has 2 aromatic heterocycles. The number of aryl methyl sites for hydroxylation is 2. The maximum atomic E-state index is 12.9. The molecule has 5 rings (SSSR count). The van der Waals surface area contributed by atoms with E-state index in [0.717, 1.165) is 58.7 Å². The molecular weight excluding hydrogens is 460 g/mol. The first-order chi connectivity index (χ1) is 17.3. The fourth-order valence-corrected chi connectivity index (χ4v) is 5.01. The number of hydrogen-bond donors (Lipinski definition) is 3. The van der Waals surface area contributed by atoms with Crippen LogP contribution in [-0.4, -0.2) is 34.1 Å². The van der Waals surface area contributed by atoms with Crippen LogP contribution >= 0.6 is 0 Å². The van der Waals surface area contributed by atoms with E-state index >= 15 is 0 Å². The topological polar surface area (TPSA) is 122 Å². The van der Waals surface area contributed by atoms with Crippen LogP contribution in [-0.2, 0) is 28.9 Å². The lowest BCUT2D eigenvalue weighted by atomic mass is 9.90. The Bertz CT molecular complexity index is 1530. The summed E-state index contributed by atoms with van der Waals surface area (Å²) in [6, 6.07) is 10.1. The second kappa shape index (κ2) is 9.53. The number of carbonyl (C=O) groups excluding carboxylic acids is 1. The van der Waals surface area contributed by atoms with Crippen LogP contribution in [0.15, 0.2) is 51.8 Å². The van der Waals surface area contributed by atoms with Gasteiger partial charge in [0.15, 0.2) is 6.10 Å². The number of aliphatic carboxylic acids is 1. The average molecular weight is 489 g/mol. The van der Waals surface area contributed by atoms with Gasteiger partial charge in [-0.1, -0.05) is 18.2 Å². The van der Waals surface area contributed by atoms with Gasteiger partial charge in [0.05, 0.1) is 0 Å². The van der Waals surface area contributed by atoms with E-state index in [1.807, 2.05) is 30.3 Å². The van der Waals surface area contributed by atoms with Crippen LogP contribution in [0.1, 0.15) is 42.0 Å². The number of hydrogen-bond acceptors (Lipinski definition) is 5. The lowest BCUT2D eigenvalue weighted by molar-refractivity contribution is -0.142. The summed E-state index contributed by atoms with van der Waals surface area (Å²) < 4.78 is 11.6. The van der Waals surface area contributed by atoms with Gasteiger partial charge in [0.25, 0.3) is 5.91 Å². The summed E-state index contributed by atoms with van der Waals surface area (Å²) in [5.74, 6) is -1.27. The van der Waals surface area contributed by atoms with Crippen molar-refractivity contribution < 1.29 is 23.8 Å². The van der Waals surface area contributed by atoms with Crippen molar-refractivity contribution in [3.05, 3.63) is 75.3 Å². The van der Waals surface area contributed by atoms with Gasteiger partial charge < -0.3 is 24.6 Å². The second-order valence-corrected chi connectivity index (χ2v) is 9.34. The molecule has 2 unspecified atom stereocenters. The van der Waals surface area contributed by atoms with Crippen molar-refractivity contribution in [3.8, 4) is 5.75 Å². The maximum Gasteiger partial charge on any atom is 0.339 e. The summed E-state index contributed by atoms with van der Waals surface area (Å²) in [6.45, 7) is 3.35. The molecule has 0 spiro atoms. The SMILES string of the molecule is Cc1c(OC(C)C(=O)NC(Cc2c[nH]c3ccccc23)C(=O)O)ccc2c3c(c(=O)oc12)CCCC3. The highest BCUT2D eigenvalue weighted by Gasteiger charge is 2.26. The zero-order valence-electron chi connectivity index (χ0n) is 20.2. The van der Waals surface area contributed by atoms with Gasteiger partial charge in [-0.15, -0.1) is 0 Å². The number of H-pyrrole nitrogens is 1. The molecule has 0 aliphatic heterocycles. The highest BCUT2D eigenvalue weighted by atomic mass is 16.5. The van der Waals surface area contributed by atoms with Crippen LogP contribution in [0, 0.1) is 6.92 Å². The summed E-state index contributed by atoms with van der Waals surface area (Å²) in [5, 5.41) is 14.2. The Kier molecular flexibility index (Phi) is 6.26. The number of para-hydroxylation sites is 1. The molecule has 36 heavy (non-hydrogen) atoms. The van der Waals surface area contributed by atoms with Gasteiger partial charge in [0, 0.05) is 40.0 Å². The third-order valence-electron chi connectivity index (χ3n) is 6.98. The molecule has 1 aliphatic rings. The Hall–Kier alpha value is -4.07.